The highest BCUT2D eigenvalue weighted by Crippen LogP contribution is 2.24. The molecule has 2 atom stereocenters. The minimum atomic E-state index is 0.530. The second-order valence-corrected chi connectivity index (χ2v) is 7.56. The molecule has 0 spiro atoms. The van der Waals surface area contributed by atoms with Crippen molar-refractivity contribution in [2.75, 3.05) is 0 Å². The smallest absolute Gasteiger partial charge is 0.0708 e. The molecule has 0 saturated heterocycles. The highest BCUT2D eigenvalue weighted by molar-refractivity contribution is 4.72. The van der Waals surface area contributed by atoms with E-state index in [1.54, 1.807) is 0 Å². The molecule has 2 aliphatic rings. The first-order chi connectivity index (χ1) is 10.3. The van der Waals surface area contributed by atoms with Gasteiger partial charge in [-0.2, -0.15) is 10.2 Å². The summed E-state index contributed by atoms with van der Waals surface area (Å²) in [4.78, 5) is 0. The predicted molar refractivity (Wildman–Crippen MR) is 90.9 cm³/mol. The van der Waals surface area contributed by atoms with Crippen molar-refractivity contribution >= 4 is 0 Å². The lowest BCUT2D eigenvalue weighted by molar-refractivity contribution is 0.452. The highest BCUT2D eigenvalue weighted by atomic mass is 15.1. The van der Waals surface area contributed by atoms with Gasteiger partial charge in [-0.3, -0.25) is 0 Å². The van der Waals surface area contributed by atoms with Gasteiger partial charge in [-0.05, 0) is 31.6 Å². The molecule has 0 radical (unpaired) electrons. The van der Waals surface area contributed by atoms with Gasteiger partial charge in [-0.25, -0.2) is 0 Å². The standard InChI is InChI=1S/C19H36N2/c1-17-11-8-9-15-19(16-10-12-17)21-20-18-13-6-4-2-3-5-7-14-18/h17-19H,2-16H2,1H3. The fourth-order valence-electron chi connectivity index (χ4n) is 3.89. The highest BCUT2D eigenvalue weighted by Gasteiger charge is 2.14. The van der Waals surface area contributed by atoms with Crippen LogP contribution >= 0.6 is 0 Å². The molecule has 2 nitrogen and oxygen atoms in total. The Morgan fingerprint density at radius 3 is 1.48 bits per heavy atom. The summed E-state index contributed by atoms with van der Waals surface area (Å²) in [5, 5.41) is 9.60. The maximum absolute atomic E-state index is 4.80. The lowest BCUT2D eigenvalue weighted by Gasteiger charge is -2.13. The summed E-state index contributed by atoms with van der Waals surface area (Å²) in [7, 11) is 0. The van der Waals surface area contributed by atoms with Gasteiger partial charge in [-0.1, -0.05) is 77.6 Å². The molecule has 0 aromatic carbocycles. The van der Waals surface area contributed by atoms with Crippen LogP contribution in [-0.4, -0.2) is 12.1 Å². The summed E-state index contributed by atoms with van der Waals surface area (Å²) < 4.78 is 0. The number of rotatable bonds is 2. The Morgan fingerprint density at radius 1 is 0.476 bits per heavy atom. The molecule has 2 aliphatic carbocycles. The Hall–Kier alpha value is -0.400. The maximum atomic E-state index is 4.80. The maximum Gasteiger partial charge on any atom is 0.0708 e. The Bertz CT molecular complexity index is 277. The first-order valence-corrected chi connectivity index (χ1v) is 9.74. The van der Waals surface area contributed by atoms with Crippen LogP contribution in [0.5, 0.6) is 0 Å². The Kier molecular flexibility index (Phi) is 8.36. The zero-order chi connectivity index (χ0) is 14.8. The topological polar surface area (TPSA) is 24.7 Å². The third-order valence-corrected chi connectivity index (χ3v) is 5.44. The van der Waals surface area contributed by atoms with E-state index < -0.39 is 0 Å². The number of nitrogens with zero attached hydrogens (tertiary/aromatic N) is 2. The monoisotopic (exact) mass is 292 g/mol. The Balaban J connectivity index is 1.79. The van der Waals surface area contributed by atoms with E-state index >= 15 is 0 Å². The van der Waals surface area contributed by atoms with Crippen LogP contribution in [0.15, 0.2) is 10.2 Å². The lowest BCUT2D eigenvalue weighted by Crippen LogP contribution is -2.08. The van der Waals surface area contributed by atoms with Crippen LogP contribution in [0.25, 0.3) is 0 Å². The second kappa shape index (κ2) is 10.3. The van der Waals surface area contributed by atoms with Crippen LogP contribution in [0.2, 0.25) is 0 Å². The zero-order valence-electron chi connectivity index (χ0n) is 14.2. The summed E-state index contributed by atoms with van der Waals surface area (Å²) in [6.45, 7) is 2.42. The number of azo groups is 1. The number of hydrogen-bond acceptors (Lipinski definition) is 2. The second-order valence-electron chi connectivity index (χ2n) is 7.56. The largest absolute Gasteiger partial charge is 0.191 e. The molecule has 2 fully saturated rings. The molecule has 0 aromatic heterocycles. The zero-order valence-corrected chi connectivity index (χ0v) is 14.2. The van der Waals surface area contributed by atoms with Crippen LogP contribution in [-0.2, 0) is 0 Å². The third kappa shape index (κ3) is 7.42. The van der Waals surface area contributed by atoms with Crippen molar-refractivity contribution < 1.29 is 0 Å². The van der Waals surface area contributed by atoms with Crippen molar-refractivity contribution in [1.29, 1.82) is 0 Å². The van der Waals surface area contributed by atoms with E-state index in [9.17, 15) is 0 Å². The molecule has 2 unspecified atom stereocenters. The van der Waals surface area contributed by atoms with E-state index in [0.29, 0.717) is 12.1 Å². The Labute approximate surface area is 132 Å². The van der Waals surface area contributed by atoms with Gasteiger partial charge in [0.25, 0.3) is 0 Å². The summed E-state index contributed by atoms with van der Waals surface area (Å²) in [6.07, 6.45) is 20.5. The fourth-order valence-corrected chi connectivity index (χ4v) is 3.89. The summed E-state index contributed by atoms with van der Waals surface area (Å²) >= 11 is 0. The summed E-state index contributed by atoms with van der Waals surface area (Å²) in [6, 6.07) is 1.07. The molecule has 21 heavy (non-hydrogen) atoms. The molecule has 0 N–H and O–H groups in total. The van der Waals surface area contributed by atoms with Crippen molar-refractivity contribution in [3.63, 3.8) is 0 Å². The lowest BCUT2D eigenvalue weighted by atomic mass is 9.99. The molecule has 0 heterocycles. The van der Waals surface area contributed by atoms with E-state index in [-0.39, 0.29) is 0 Å². The molecule has 122 valence electrons. The van der Waals surface area contributed by atoms with Crippen molar-refractivity contribution in [3.05, 3.63) is 0 Å². The molecule has 0 bridgehead atoms. The van der Waals surface area contributed by atoms with Gasteiger partial charge in [0.15, 0.2) is 0 Å². The van der Waals surface area contributed by atoms with Gasteiger partial charge < -0.3 is 0 Å². The normalized spacial score (nSPS) is 31.7. The van der Waals surface area contributed by atoms with Gasteiger partial charge in [0.1, 0.15) is 0 Å². The Morgan fingerprint density at radius 2 is 0.857 bits per heavy atom. The van der Waals surface area contributed by atoms with Crippen LogP contribution in [0.4, 0.5) is 0 Å². The minimum Gasteiger partial charge on any atom is -0.191 e. The molecule has 2 heteroatoms. The molecule has 2 rings (SSSR count). The van der Waals surface area contributed by atoms with Gasteiger partial charge in [0, 0.05) is 0 Å². The average Bonchev–Trinajstić information content (AvgIpc) is 2.67. The minimum absolute atomic E-state index is 0.530. The van der Waals surface area contributed by atoms with E-state index in [1.807, 2.05) is 0 Å². The molecular weight excluding hydrogens is 256 g/mol. The van der Waals surface area contributed by atoms with E-state index in [4.69, 9.17) is 10.2 Å². The summed E-state index contributed by atoms with van der Waals surface area (Å²) in [5.74, 6) is 0.926. The van der Waals surface area contributed by atoms with Crippen LogP contribution < -0.4 is 0 Å². The molecule has 0 amide bonds. The van der Waals surface area contributed by atoms with E-state index in [2.05, 4.69) is 6.92 Å². The van der Waals surface area contributed by atoms with Gasteiger partial charge >= 0.3 is 0 Å². The fraction of sp³-hybridized carbons (Fsp3) is 1.00. The predicted octanol–water partition coefficient (Wildman–Crippen LogP) is 6.69. The van der Waals surface area contributed by atoms with Gasteiger partial charge in [0.2, 0.25) is 0 Å². The van der Waals surface area contributed by atoms with Crippen molar-refractivity contribution in [2.45, 2.75) is 115 Å². The quantitative estimate of drug-likeness (QED) is 0.506. The van der Waals surface area contributed by atoms with Gasteiger partial charge in [-0.15, -0.1) is 0 Å². The van der Waals surface area contributed by atoms with Crippen molar-refractivity contribution in [3.8, 4) is 0 Å². The summed E-state index contributed by atoms with van der Waals surface area (Å²) in [5.41, 5.74) is 0. The van der Waals surface area contributed by atoms with Crippen LogP contribution in [0.3, 0.4) is 0 Å². The first-order valence-electron chi connectivity index (χ1n) is 9.74. The average molecular weight is 293 g/mol. The molecular formula is C19H36N2. The van der Waals surface area contributed by atoms with E-state index in [1.165, 1.54) is 96.3 Å². The van der Waals surface area contributed by atoms with Crippen molar-refractivity contribution in [2.24, 2.45) is 16.1 Å². The third-order valence-electron chi connectivity index (χ3n) is 5.44. The van der Waals surface area contributed by atoms with Crippen LogP contribution in [0, 0.1) is 5.92 Å². The van der Waals surface area contributed by atoms with Crippen LogP contribution in [0.1, 0.15) is 103 Å². The van der Waals surface area contributed by atoms with Crippen molar-refractivity contribution in [1.82, 2.24) is 0 Å². The van der Waals surface area contributed by atoms with Gasteiger partial charge in [0.05, 0.1) is 12.1 Å². The molecule has 2 saturated carbocycles. The number of hydrogen-bond donors (Lipinski definition) is 0. The molecule has 0 aliphatic heterocycles. The van der Waals surface area contributed by atoms with E-state index in [0.717, 1.165) is 5.92 Å². The molecule has 0 aromatic rings. The SMILES string of the molecule is CC1CCCCC(N=NC2CCCCCCCC2)CCC1. The first kappa shape index (κ1) is 17.0.